The molecule has 3 rings (SSSR count). The average molecular weight is 478 g/mol. The second kappa shape index (κ2) is 11.1. The Balaban J connectivity index is 0.00000243. The van der Waals surface area contributed by atoms with Gasteiger partial charge in [0.15, 0.2) is 5.96 Å². The average Bonchev–Trinajstić information content (AvgIpc) is 3.10. The first-order chi connectivity index (χ1) is 12.2. The van der Waals surface area contributed by atoms with Crippen molar-refractivity contribution in [1.29, 1.82) is 0 Å². The molecule has 0 saturated carbocycles. The molecule has 6 heteroatoms. The summed E-state index contributed by atoms with van der Waals surface area (Å²) in [6.07, 6.45) is 9.89. The first-order valence-electron chi connectivity index (χ1n) is 10.6. The zero-order valence-corrected chi connectivity index (χ0v) is 19.2. The van der Waals surface area contributed by atoms with Crippen molar-refractivity contribution in [2.45, 2.75) is 90.0 Å². The molecular formula is C20H39IN4O. The van der Waals surface area contributed by atoms with E-state index in [2.05, 4.69) is 36.3 Å². The summed E-state index contributed by atoms with van der Waals surface area (Å²) in [6.45, 7) is 11.1. The van der Waals surface area contributed by atoms with Crippen molar-refractivity contribution in [3.8, 4) is 0 Å². The van der Waals surface area contributed by atoms with Gasteiger partial charge in [-0.2, -0.15) is 0 Å². The molecule has 26 heavy (non-hydrogen) atoms. The van der Waals surface area contributed by atoms with E-state index in [9.17, 15) is 0 Å². The molecule has 152 valence electrons. The van der Waals surface area contributed by atoms with Crippen LogP contribution in [0.1, 0.15) is 65.7 Å². The van der Waals surface area contributed by atoms with Crippen molar-refractivity contribution in [2.24, 2.45) is 10.9 Å². The molecule has 3 fully saturated rings. The van der Waals surface area contributed by atoms with Crippen molar-refractivity contribution >= 4 is 29.9 Å². The fourth-order valence-electron chi connectivity index (χ4n) is 4.64. The smallest absolute Gasteiger partial charge is 0.191 e. The minimum absolute atomic E-state index is 0. The lowest BCUT2D eigenvalue weighted by molar-refractivity contribution is 0.0992. The highest BCUT2D eigenvalue weighted by Gasteiger charge is 2.41. The summed E-state index contributed by atoms with van der Waals surface area (Å²) in [4.78, 5) is 7.67. The normalized spacial score (nSPS) is 30.8. The number of nitrogens with one attached hydrogen (secondary N) is 2. The van der Waals surface area contributed by atoms with Gasteiger partial charge in [0.05, 0.1) is 24.8 Å². The second-order valence-corrected chi connectivity index (χ2v) is 8.34. The molecule has 4 atom stereocenters. The lowest BCUT2D eigenvalue weighted by Crippen LogP contribution is -2.48. The zero-order chi connectivity index (χ0) is 17.6. The van der Waals surface area contributed by atoms with E-state index in [4.69, 9.17) is 9.73 Å². The Hall–Kier alpha value is -0.0800. The van der Waals surface area contributed by atoms with E-state index in [1.807, 2.05) is 0 Å². The van der Waals surface area contributed by atoms with E-state index in [1.165, 1.54) is 51.6 Å². The fourth-order valence-corrected chi connectivity index (χ4v) is 4.64. The van der Waals surface area contributed by atoms with E-state index in [0.29, 0.717) is 30.2 Å². The number of aliphatic imine (C=N–C) groups is 1. The molecule has 3 saturated heterocycles. The first-order valence-corrected chi connectivity index (χ1v) is 10.6. The highest BCUT2D eigenvalue weighted by atomic mass is 127. The van der Waals surface area contributed by atoms with Crippen molar-refractivity contribution in [3.63, 3.8) is 0 Å². The summed E-state index contributed by atoms with van der Waals surface area (Å²) in [5.41, 5.74) is 0. The Morgan fingerprint density at radius 1 is 1.15 bits per heavy atom. The van der Waals surface area contributed by atoms with Gasteiger partial charge in [0.25, 0.3) is 0 Å². The largest absolute Gasteiger partial charge is 0.373 e. The number of guanidine groups is 1. The topological polar surface area (TPSA) is 48.9 Å². The Morgan fingerprint density at radius 2 is 1.88 bits per heavy atom. The molecule has 4 unspecified atom stereocenters. The highest BCUT2D eigenvalue weighted by Crippen LogP contribution is 2.34. The number of fused-ring (bicyclic) bond motifs is 2. The molecule has 0 amide bonds. The van der Waals surface area contributed by atoms with Crippen LogP contribution in [0.25, 0.3) is 0 Å². The number of rotatable bonds is 6. The number of hydrogen-bond acceptors (Lipinski definition) is 3. The molecule has 0 aromatic heterocycles. The van der Waals surface area contributed by atoms with Crippen LogP contribution >= 0.6 is 24.0 Å². The van der Waals surface area contributed by atoms with Gasteiger partial charge >= 0.3 is 0 Å². The Labute approximate surface area is 177 Å². The standard InChI is InChI=1S/C20H38N4O.HI/c1-4-21-20(23-17-13-16-9-10-19(17)25-16)22-14-18(15(2)3)24-11-7-5-6-8-12-24;/h15-19H,4-14H2,1-3H3,(H2,21,22,23);1H. The predicted molar refractivity (Wildman–Crippen MR) is 119 cm³/mol. The van der Waals surface area contributed by atoms with Crippen LogP contribution in [0, 0.1) is 5.92 Å². The molecule has 0 spiro atoms. The number of nitrogens with zero attached hydrogens (tertiary/aromatic N) is 2. The lowest BCUT2D eigenvalue weighted by Gasteiger charge is -2.33. The van der Waals surface area contributed by atoms with Crippen LogP contribution in [-0.2, 0) is 4.74 Å². The molecule has 5 nitrogen and oxygen atoms in total. The maximum atomic E-state index is 5.98. The van der Waals surface area contributed by atoms with Gasteiger partial charge in [0.2, 0.25) is 0 Å². The van der Waals surface area contributed by atoms with Crippen LogP contribution in [0.15, 0.2) is 4.99 Å². The Bertz CT molecular complexity index is 438. The van der Waals surface area contributed by atoms with Crippen molar-refractivity contribution in [2.75, 3.05) is 26.2 Å². The molecule has 0 aliphatic carbocycles. The lowest BCUT2D eigenvalue weighted by atomic mass is 9.96. The molecule has 3 heterocycles. The number of ether oxygens (including phenoxy) is 1. The summed E-state index contributed by atoms with van der Waals surface area (Å²) >= 11 is 0. The van der Waals surface area contributed by atoms with Crippen LogP contribution in [-0.4, -0.2) is 61.3 Å². The third-order valence-corrected chi connectivity index (χ3v) is 6.09. The highest BCUT2D eigenvalue weighted by molar-refractivity contribution is 14.0. The van der Waals surface area contributed by atoms with Crippen LogP contribution in [0.4, 0.5) is 0 Å². The monoisotopic (exact) mass is 478 g/mol. The van der Waals surface area contributed by atoms with Gasteiger partial charge in [0, 0.05) is 12.6 Å². The number of halogens is 1. The molecule has 0 aromatic rings. The number of hydrogen-bond donors (Lipinski definition) is 2. The van der Waals surface area contributed by atoms with E-state index < -0.39 is 0 Å². The minimum atomic E-state index is 0. The predicted octanol–water partition coefficient (Wildman–Crippen LogP) is 3.38. The zero-order valence-electron chi connectivity index (χ0n) is 16.9. The van der Waals surface area contributed by atoms with Gasteiger partial charge in [-0.05, 0) is 58.0 Å². The quantitative estimate of drug-likeness (QED) is 0.349. The first kappa shape index (κ1) is 22.2. The maximum absolute atomic E-state index is 5.98. The molecule has 2 N–H and O–H groups in total. The molecule has 3 aliphatic rings. The molecule has 0 radical (unpaired) electrons. The van der Waals surface area contributed by atoms with Crippen molar-refractivity contribution in [3.05, 3.63) is 0 Å². The molecule has 3 aliphatic heterocycles. The van der Waals surface area contributed by atoms with Crippen molar-refractivity contribution < 1.29 is 4.74 Å². The van der Waals surface area contributed by atoms with E-state index in [-0.39, 0.29) is 24.0 Å². The summed E-state index contributed by atoms with van der Waals surface area (Å²) < 4.78 is 5.98. The SMILES string of the molecule is CCNC(=NCC(C(C)C)N1CCCCCC1)NC1CC2CCC1O2.I. The van der Waals surface area contributed by atoms with Gasteiger partial charge in [-0.15, -0.1) is 24.0 Å². The summed E-state index contributed by atoms with van der Waals surface area (Å²) in [7, 11) is 0. The van der Waals surface area contributed by atoms with Crippen LogP contribution < -0.4 is 10.6 Å². The fraction of sp³-hybridized carbons (Fsp3) is 0.950. The third-order valence-electron chi connectivity index (χ3n) is 6.09. The van der Waals surface area contributed by atoms with E-state index in [1.54, 1.807) is 0 Å². The summed E-state index contributed by atoms with van der Waals surface area (Å²) in [6, 6.07) is 0.983. The van der Waals surface area contributed by atoms with Gasteiger partial charge in [0.1, 0.15) is 0 Å². The van der Waals surface area contributed by atoms with Gasteiger partial charge < -0.3 is 15.4 Å². The van der Waals surface area contributed by atoms with Crippen molar-refractivity contribution in [1.82, 2.24) is 15.5 Å². The Morgan fingerprint density at radius 3 is 2.42 bits per heavy atom. The molecular weight excluding hydrogens is 439 g/mol. The van der Waals surface area contributed by atoms with E-state index in [0.717, 1.165) is 25.5 Å². The van der Waals surface area contributed by atoms with Crippen LogP contribution in [0.5, 0.6) is 0 Å². The molecule has 2 bridgehead atoms. The van der Waals surface area contributed by atoms with Gasteiger partial charge in [-0.25, -0.2) is 0 Å². The number of likely N-dealkylation sites (tertiary alicyclic amines) is 1. The van der Waals surface area contributed by atoms with E-state index >= 15 is 0 Å². The van der Waals surface area contributed by atoms with Gasteiger partial charge in [-0.1, -0.05) is 26.7 Å². The Kier molecular flexibility index (Phi) is 9.44. The summed E-state index contributed by atoms with van der Waals surface area (Å²) in [5, 5.41) is 7.10. The summed E-state index contributed by atoms with van der Waals surface area (Å²) in [5.74, 6) is 1.61. The van der Waals surface area contributed by atoms with Crippen LogP contribution in [0.3, 0.4) is 0 Å². The second-order valence-electron chi connectivity index (χ2n) is 8.34. The minimum Gasteiger partial charge on any atom is -0.373 e. The van der Waals surface area contributed by atoms with Gasteiger partial charge in [-0.3, -0.25) is 9.89 Å². The molecule has 0 aromatic carbocycles. The third kappa shape index (κ3) is 5.96. The maximum Gasteiger partial charge on any atom is 0.191 e. The van der Waals surface area contributed by atoms with Crippen LogP contribution in [0.2, 0.25) is 0 Å².